The van der Waals surface area contributed by atoms with Crippen molar-refractivity contribution in [1.29, 1.82) is 0 Å². The number of nitrogens with two attached hydrogens (primary N) is 1. The van der Waals surface area contributed by atoms with Gasteiger partial charge in [-0.3, -0.25) is 9.48 Å². The maximum atomic E-state index is 11.9. The van der Waals surface area contributed by atoms with Crippen molar-refractivity contribution in [3.8, 4) is 0 Å². The number of aromatic nitrogens is 2. The van der Waals surface area contributed by atoms with Gasteiger partial charge in [-0.2, -0.15) is 5.10 Å². The van der Waals surface area contributed by atoms with Crippen LogP contribution in [0.25, 0.3) is 0 Å². The summed E-state index contributed by atoms with van der Waals surface area (Å²) in [6.07, 6.45) is 7.15. The molecule has 15 heavy (non-hydrogen) atoms. The van der Waals surface area contributed by atoms with Crippen LogP contribution in [0.15, 0.2) is 12.4 Å². The number of ketones is 1. The molecule has 82 valence electrons. The molecule has 1 aliphatic carbocycles. The van der Waals surface area contributed by atoms with Gasteiger partial charge in [0.1, 0.15) is 5.78 Å². The molecule has 0 amide bonds. The molecule has 2 rings (SSSR count). The Bertz CT molecular complexity index is 358. The molecule has 1 aliphatic rings. The lowest BCUT2D eigenvalue weighted by atomic mass is 9.95. The van der Waals surface area contributed by atoms with Crippen LogP contribution in [-0.2, 0) is 18.3 Å². The van der Waals surface area contributed by atoms with Gasteiger partial charge < -0.3 is 5.73 Å². The number of nitrogens with zero attached hydrogens (tertiary/aromatic N) is 2. The SMILES string of the molecule is Cn1cc(CC(=O)C2CCCC2N)cn1. The molecule has 4 heteroatoms. The van der Waals surface area contributed by atoms with Crippen molar-refractivity contribution < 1.29 is 4.79 Å². The standard InChI is InChI=1S/C11H17N3O/c1-14-7-8(6-13-14)5-11(15)9-3-2-4-10(9)12/h6-7,9-10H,2-5,12H2,1H3. The zero-order chi connectivity index (χ0) is 10.8. The molecular weight excluding hydrogens is 190 g/mol. The zero-order valence-corrected chi connectivity index (χ0v) is 9.02. The summed E-state index contributed by atoms with van der Waals surface area (Å²) in [5, 5.41) is 4.05. The minimum Gasteiger partial charge on any atom is -0.327 e. The highest BCUT2D eigenvalue weighted by Gasteiger charge is 2.29. The van der Waals surface area contributed by atoms with Crippen LogP contribution in [-0.4, -0.2) is 21.6 Å². The molecule has 0 spiro atoms. The molecule has 4 nitrogen and oxygen atoms in total. The second kappa shape index (κ2) is 4.14. The number of hydrogen-bond donors (Lipinski definition) is 1. The van der Waals surface area contributed by atoms with Gasteiger partial charge >= 0.3 is 0 Å². The number of rotatable bonds is 3. The van der Waals surface area contributed by atoms with Crippen molar-refractivity contribution in [1.82, 2.24) is 9.78 Å². The first-order chi connectivity index (χ1) is 7.16. The zero-order valence-electron chi connectivity index (χ0n) is 9.02. The molecule has 0 radical (unpaired) electrons. The Morgan fingerprint density at radius 3 is 3.00 bits per heavy atom. The van der Waals surface area contributed by atoms with Crippen LogP contribution in [0.5, 0.6) is 0 Å². The summed E-state index contributed by atoms with van der Waals surface area (Å²) in [7, 11) is 1.86. The van der Waals surface area contributed by atoms with Crippen LogP contribution >= 0.6 is 0 Å². The predicted molar refractivity (Wildman–Crippen MR) is 57.2 cm³/mol. The van der Waals surface area contributed by atoms with Crippen molar-refractivity contribution in [2.45, 2.75) is 31.7 Å². The minimum atomic E-state index is 0.0743. The number of aryl methyl sites for hydroxylation is 1. The van der Waals surface area contributed by atoms with E-state index in [1.54, 1.807) is 10.9 Å². The van der Waals surface area contributed by atoms with E-state index in [-0.39, 0.29) is 17.7 Å². The van der Waals surface area contributed by atoms with Crippen molar-refractivity contribution in [3.63, 3.8) is 0 Å². The quantitative estimate of drug-likeness (QED) is 0.792. The summed E-state index contributed by atoms with van der Waals surface area (Å²) in [6.45, 7) is 0. The Morgan fingerprint density at radius 2 is 2.47 bits per heavy atom. The topological polar surface area (TPSA) is 60.9 Å². The van der Waals surface area contributed by atoms with Gasteiger partial charge in [-0.1, -0.05) is 6.42 Å². The van der Waals surface area contributed by atoms with Crippen LogP contribution in [0.1, 0.15) is 24.8 Å². The molecule has 0 aromatic carbocycles. The summed E-state index contributed by atoms with van der Waals surface area (Å²) in [6, 6.07) is 0.0779. The summed E-state index contributed by atoms with van der Waals surface area (Å²) in [5.41, 5.74) is 6.88. The summed E-state index contributed by atoms with van der Waals surface area (Å²) >= 11 is 0. The van der Waals surface area contributed by atoms with Gasteiger partial charge in [0.2, 0.25) is 0 Å². The predicted octanol–water partition coefficient (Wildman–Crippen LogP) is 0.659. The van der Waals surface area contributed by atoms with E-state index in [9.17, 15) is 4.79 Å². The maximum Gasteiger partial charge on any atom is 0.141 e. The highest BCUT2D eigenvalue weighted by molar-refractivity contribution is 5.84. The number of carbonyl (C=O) groups is 1. The highest BCUT2D eigenvalue weighted by atomic mass is 16.1. The number of carbonyl (C=O) groups excluding carboxylic acids is 1. The molecule has 1 aromatic heterocycles. The van der Waals surface area contributed by atoms with Crippen molar-refractivity contribution in [2.75, 3.05) is 0 Å². The summed E-state index contributed by atoms with van der Waals surface area (Å²) in [5.74, 6) is 0.346. The molecule has 2 N–H and O–H groups in total. The molecule has 0 aliphatic heterocycles. The van der Waals surface area contributed by atoms with E-state index in [2.05, 4.69) is 5.10 Å². The first-order valence-corrected chi connectivity index (χ1v) is 5.42. The lowest BCUT2D eigenvalue weighted by molar-refractivity contribution is -0.122. The first-order valence-electron chi connectivity index (χ1n) is 5.42. The average Bonchev–Trinajstić information content (AvgIpc) is 2.75. The van der Waals surface area contributed by atoms with Gasteiger partial charge in [-0.05, 0) is 18.4 Å². The molecule has 0 saturated heterocycles. The third-order valence-electron chi connectivity index (χ3n) is 3.12. The van der Waals surface area contributed by atoms with E-state index in [1.165, 1.54) is 0 Å². The fraction of sp³-hybridized carbons (Fsp3) is 0.636. The Morgan fingerprint density at radius 1 is 1.67 bits per heavy atom. The van der Waals surface area contributed by atoms with E-state index >= 15 is 0 Å². The summed E-state index contributed by atoms with van der Waals surface area (Å²) in [4.78, 5) is 11.9. The van der Waals surface area contributed by atoms with Gasteiger partial charge in [-0.15, -0.1) is 0 Å². The van der Waals surface area contributed by atoms with Crippen LogP contribution in [0.2, 0.25) is 0 Å². The summed E-state index contributed by atoms with van der Waals surface area (Å²) < 4.78 is 1.72. The Labute approximate surface area is 89.5 Å². The van der Waals surface area contributed by atoms with Gasteiger partial charge in [0.25, 0.3) is 0 Å². The van der Waals surface area contributed by atoms with Crippen molar-refractivity contribution >= 4 is 5.78 Å². The second-order valence-electron chi connectivity index (χ2n) is 4.37. The van der Waals surface area contributed by atoms with E-state index in [4.69, 9.17) is 5.73 Å². The van der Waals surface area contributed by atoms with E-state index in [1.807, 2.05) is 13.2 Å². The Hall–Kier alpha value is -1.16. The number of Topliss-reactive ketones (excluding diaryl/α,β-unsaturated/α-hetero) is 1. The number of hydrogen-bond acceptors (Lipinski definition) is 3. The fourth-order valence-electron chi connectivity index (χ4n) is 2.28. The minimum absolute atomic E-state index is 0.0743. The van der Waals surface area contributed by atoms with Crippen molar-refractivity contribution in [2.24, 2.45) is 18.7 Å². The fourth-order valence-corrected chi connectivity index (χ4v) is 2.28. The maximum absolute atomic E-state index is 11.9. The largest absolute Gasteiger partial charge is 0.327 e. The first kappa shape index (κ1) is 10.4. The third kappa shape index (κ3) is 2.26. The second-order valence-corrected chi connectivity index (χ2v) is 4.37. The molecule has 1 heterocycles. The molecule has 1 aromatic rings. The molecule has 1 fully saturated rings. The van der Waals surface area contributed by atoms with E-state index in [0.717, 1.165) is 24.8 Å². The molecular formula is C11H17N3O. The highest BCUT2D eigenvalue weighted by Crippen LogP contribution is 2.25. The van der Waals surface area contributed by atoms with Gasteiger partial charge in [-0.25, -0.2) is 0 Å². The Kier molecular flexibility index (Phi) is 2.86. The van der Waals surface area contributed by atoms with Crippen LogP contribution < -0.4 is 5.73 Å². The molecule has 2 unspecified atom stereocenters. The average molecular weight is 207 g/mol. The van der Waals surface area contributed by atoms with Gasteiger partial charge in [0, 0.05) is 31.6 Å². The van der Waals surface area contributed by atoms with Crippen molar-refractivity contribution in [3.05, 3.63) is 18.0 Å². The van der Waals surface area contributed by atoms with E-state index < -0.39 is 0 Å². The van der Waals surface area contributed by atoms with Crippen LogP contribution in [0.3, 0.4) is 0 Å². The van der Waals surface area contributed by atoms with E-state index in [0.29, 0.717) is 6.42 Å². The molecule has 1 saturated carbocycles. The lowest BCUT2D eigenvalue weighted by Gasteiger charge is -2.12. The molecule has 2 atom stereocenters. The van der Waals surface area contributed by atoms with Gasteiger partial charge in [0.15, 0.2) is 0 Å². The third-order valence-corrected chi connectivity index (χ3v) is 3.12. The van der Waals surface area contributed by atoms with Gasteiger partial charge in [0.05, 0.1) is 6.20 Å². The normalized spacial score (nSPS) is 25.7. The smallest absolute Gasteiger partial charge is 0.141 e. The van der Waals surface area contributed by atoms with Crippen LogP contribution in [0, 0.1) is 5.92 Å². The monoisotopic (exact) mass is 207 g/mol. The lowest BCUT2D eigenvalue weighted by Crippen LogP contribution is -2.31. The van der Waals surface area contributed by atoms with Crippen LogP contribution in [0.4, 0.5) is 0 Å². The molecule has 0 bridgehead atoms. The Balaban J connectivity index is 1.97.